The number of benzene rings is 2. The van der Waals surface area contributed by atoms with Crippen molar-refractivity contribution in [3.63, 3.8) is 0 Å². The van der Waals surface area contributed by atoms with Crippen LogP contribution in [-0.2, 0) is 51.2 Å². The number of carbonyl (C=O) groups is 3. The molecule has 2 aromatic carbocycles. The van der Waals surface area contributed by atoms with Crippen LogP contribution in [0.5, 0.6) is 0 Å². The average molecular weight is 761 g/mol. The molecular formula is C40H47Cl2N7O4. The highest BCUT2D eigenvalue weighted by molar-refractivity contribution is 6.39. The highest BCUT2D eigenvalue weighted by Gasteiger charge is 2.30. The number of likely N-dealkylation sites (N-methyl/N-ethyl adjacent to an activating group) is 1. The number of hydrogen-bond acceptors (Lipinski definition) is 7. The predicted molar refractivity (Wildman–Crippen MR) is 206 cm³/mol. The second-order valence-electron chi connectivity index (χ2n) is 14.8. The molecule has 0 saturated heterocycles. The maximum absolute atomic E-state index is 13.7. The number of aromatic nitrogens is 4. The van der Waals surface area contributed by atoms with E-state index in [1.165, 1.54) is 0 Å². The number of nitrogens with one attached hydrogen (secondary N) is 1. The lowest BCUT2D eigenvalue weighted by Gasteiger charge is -2.30. The number of carboxylic acid groups (broad SMARTS) is 1. The molecule has 7 rings (SSSR count). The van der Waals surface area contributed by atoms with Crippen LogP contribution in [-0.4, -0.2) is 77.8 Å². The summed E-state index contributed by atoms with van der Waals surface area (Å²) < 4.78 is 3.81. The Morgan fingerprint density at radius 3 is 2.11 bits per heavy atom. The van der Waals surface area contributed by atoms with Crippen LogP contribution >= 0.6 is 23.2 Å². The van der Waals surface area contributed by atoms with E-state index < -0.39 is 5.97 Å². The largest absolute Gasteiger partial charge is 0.481 e. The molecule has 3 aliphatic rings. The third kappa shape index (κ3) is 7.67. The highest BCUT2D eigenvalue weighted by atomic mass is 35.5. The highest BCUT2D eigenvalue weighted by Crippen LogP contribution is 2.39. The Bertz CT molecular complexity index is 2050. The molecule has 1 aliphatic carbocycles. The second-order valence-corrected chi connectivity index (χ2v) is 15.5. The third-order valence-electron chi connectivity index (χ3n) is 11.6. The van der Waals surface area contributed by atoms with Crippen molar-refractivity contribution >= 4 is 46.5 Å². The normalized spacial score (nSPS) is 19.1. The van der Waals surface area contributed by atoms with Crippen molar-refractivity contribution in [2.45, 2.75) is 71.4 Å². The van der Waals surface area contributed by atoms with Gasteiger partial charge in [0.25, 0.3) is 5.91 Å². The number of Topliss-reactive ketones (excluding diaryl/α,β-unsaturated/α-hetero) is 1. The molecule has 11 nitrogen and oxygen atoms in total. The number of rotatable bonds is 11. The summed E-state index contributed by atoms with van der Waals surface area (Å²) in [6, 6.07) is 11.0. The number of carboxylic acids is 1. The van der Waals surface area contributed by atoms with Crippen molar-refractivity contribution in [3.05, 3.63) is 86.4 Å². The van der Waals surface area contributed by atoms with E-state index in [0.717, 1.165) is 100 Å². The number of imidazole rings is 2. The Hall–Kier alpha value is -4.03. The van der Waals surface area contributed by atoms with Crippen LogP contribution < -0.4 is 5.32 Å². The molecule has 0 radical (unpaired) electrons. The number of aliphatic carboxylic acids is 1. The van der Waals surface area contributed by atoms with Crippen LogP contribution in [0.3, 0.4) is 0 Å². The minimum absolute atomic E-state index is 0.0942. The number of halogens is 2. The SMILES string of the molecule is CCN1CCc2c(nc(C(=O)Cc3cccc(-c4cccc(NC(=O)c5nc6c(n5C)CCN(CCC5CCC(C(=O)O)CC5)C6)c4Cl)c3Cl)n2C)C1. The first-order chi connectivity index (χ1) is 25.5. The molecule has 1 fully saturated rings. The molecular weight excluding hydrogens is 713 g/mol. The Labute approximate surface area is 320 Å². The number of amides is 1. The minimum Gasteiger partial charge on any atom is -0.481 e. The van der Waals surface area contributed by atoms with Crippen molar-refractivity contribution in [1.29, 1.82) is 0 Å². The topological polar surface area (TPSA) is 126 Å². The number of nitrogens with zero attached hydrogens (tertiary/aromatic N) is 6. The summed E-state index contributed by atoms with van der Waals surface area (Å²) in [4.78, 5) is 52.8. The fourth-order valence-corrected chi connectivity index (χ4v) is 8.90. The van der Waals surface area contributed by atoms with Crippen molar-refractivity contribution in [2.75, 3.05) is 31.5 Å². The zero-order valence-corrected chi connectivity index (χ0v) is 32.1. The molecule has 1 saturated carbocycles. The van der Waals surface area contributed by atoms with Gasteiger partial charge in [0.15, 0.2) is 11.6 Å². The Balaban J connectivity index is 1.02. The van der Waals surface area contributed by atoms with Gasteiger partial charge < -0.3 is 19.6 Å². The summed E-state index contributed by atoms with van der Waals surface area (Å²) in [6.07, 6.45) is 6.27. The number of ketones is 1. The lowest BCUT2D eigenvalue weighted by atomic mass is 9.80. The van der Waals surface area contributed by atoms with Gasteiger partial charge in [-0.25, -0.2) is 9.97 Å². The van der Waals surface area contributed by atoms with Crippen LogP contribution in [0.4, 0.5) is 5.69 Å². The van der Waals surface area contributed by atoms with E-state index >= 15 is 0 Å². The van der Waals surface area contributed by atoms with E-state index in [1.807, 2.05) is 53.6 Å². The van der Waals surface area contributed by atoms with Gasteiger partial charge in [-0.2, -0.15) is 0 Å². The fraction of sp³-hybridized carbons (Fsp3) is 0.475. The van der Waals surface area contributed by atoms with E-state index in [-0.39, 0.29) is 24.0 Å². The Kier molecular flexibility index (Phi) is 11.1. The number of anilines is 1. The first-order valence-corrected chi connectivity index (χ1v) is 19.4. The van der Waals surface area contributed by atoms with Gasteiger partial charge in [-0.3, -0.25) is 24.2 Å². The van der Waals surface area contributed by atoms with E-state index in [2.05, 4.69) is 22.0 Å². The summed E-state index contributed by atoms with van der Waals surface area (Å²) in [6.45, 7) is 7.27. The van der Waals surface area contributed by atoms with Gasteiger partial charge in [0.1, 0.15) is 0 Å². The number of fused-ring (bicyclic) bond motifs is 2. The van der Waals surface area contributed by atoms with Gasteiger partial charge in [-0.15, -0.1) is 0 Å². The van der Waals surface area contributed by atoms with Gasteiger partial charge in [0.2, 0.25) is 5.78 Å². The zero-order valence-electron chi connectivity index (χ0n) is 30.6. The summed E-state index contributed by atoms with van der Waals surface area (Å²) in [5.74, 6) is 0.00644. The molecule has 2 aromatic heterocycles. The molecule has 4 heterocycles. The monoisotopic (exact) mass is 759 g/mol. The van der Waals surface area contributed by atoms with Gasteiger partial charge >= 0.3 is 5.97 Å². The third-order valence-corrected chi connectivity index (χ3v) is 12.4. The molecule has 53 heavy (non-hydrogen) atoms. The van der Waals surface area contributed by atoms with Crippen molar-refractivity contribution < 1.29 is 19.5 Å². The van der Waals surface area contributed by atoms with Crippen molar-refractivity contribution in [2.24, 2.45) is 25.9 Å². The first-order valence-electron chi connectivity index (χ1n) is 18.7. The quantitative estimate of drug-likeness (QED) is 0.160. The average Bonchev–Trinajstić information content (AvgIpc) is 3.67. The molecule has 13 heteroatoms. The number of hydrogen-bond donors (Lipinski definition) is 2. The summed E-state index contributed by atoms with van der Waals surface area (Å²) in [5, 5.41) is 13.1. The second kappa shape index (κ2) is 15.8. The van der Waals surface area contributed by atoms with Gasteiger partial charge in [0.05, 0.1) is 33.0 Å². The molecule has 2 N–H and O–H groups in total. The smallest absolute Gasteiger partial charge is 0.306 e. The van der Waals surface area contributed by atoms with E-state index in [4.69, 9.17) is 33.2 Å². The van der Waals surface area contributed by atoms with Gasteiger partial charge in [-0.1, -0.05) is 60.5 Å². The molecule has 2 aliphatic heterocycles. The lowest BCUT2D eigenvalue weighted by molar-refractivity contribution is -0.143. The summed E-state index contributed by atoms with van der Waals surface area (Å²) in [5.41, 5.74) is 6.46. The van der Waals surface area contributed by atoms with Gasteiger partial charge in [-0.05, 0) is 62.7 Å². The van der Waals surface area contributed by atoms with E-state index in [0.29, 0.717) is 56.5 Å². The molecule has 0 atom stereocenters. The predicted octanol–water partition coefficient (Wildman–Crippen LogP) is 6.82. The summed E-state index contributed by atoms with van der Waals surface area (Å²) in [7, 11) is 3.79. The molecule has 0 unspecified atom stereocenters. The van der Waals surface area contributed by atoms with Crippen molar-refractivity contribution in [3.8, 4) is 11.1 Å². The molecule has 280 valence electrons. The van der Waals surface area contributed by atoms with E-state index in [1.54, 1.807) is 6.07 Å². The molecule has 4 aromatic rings. The Morgan fingerprint density at radius 1 is 0.830 bits per heavy atom. The summed E-state index contributed by atoms with van der Waals surface area (Å²) >= 11 is 13.9. The van der Waals surface area contributed by atoms with Crippen LogP contribution in [0.1, 0.15) is 88.6 Å². The zero-order chi connectivity index (χ0) is 37.4. The first kappa shape index (κ1) is 37.3. The fourth-order valence-electron chi connectivity index (χ4n) is 8.33. The number of carbonyl (C=O) groups excluding carboxylic acids is 2. The maximum Gasteiger partial charge on any atom is 0.306 e. The maximum atomic E-state index is 13.7. The molecule has 0 bridgehead atoms. The van der Waals surface area contributed by atoms with E-state index in [9.17, 15) is 19.5 Å². The van der Waals surface area contributed by atoms with Crippen molar-refractivity contribution in [1.82, 2.24) is 28.9 Å². The van der Waals surface area contributed by atoms with Crippen LogP contribution in [0.2, 0.25) is 10.0 Å². The van der Waals surface area contributed by atoms with Gasteiger partial charge in [0, 0.05) is 82.1 Å². The van der Waals surface area contributed by atoms with Crippen LogP contribution in [0.15, 0.2) is 36.4 Å². The minimum atomic E-state index is -0.667. The lowest BCUT2D eigenvalue weighted by Crippen LogP contribution is -2.33. The van der Waals surface area contributed by atoms with Crippen LogP contribution in [0.25, 0.3) is 11.1 Å². The Morgan fingerprint density at radius 2 is 1.43 bits per heavy atom. The molecule has 1 amide bonds. The molecule has 0 spiro atoms. The standard InChI is InChI=1S/C40H47Cl2N7O4/c1-4-48-19-16-32-30(22-48)43-37(46(32)2)34(50)21-26-7-5-8-27(35(26)41)28-9-6-10-29(36(28)42)45-39(51)38-44-31-23-49(20-17-33(31)47(38)3)18-15-24-11-13-25(14-12-24)40(52)53/h5-10,24-25H,4,11-23H2,1-3H3,(H,45,51)(H,52,53). The van der Waals surface area contributed by atoms with Crippen LogP contribution in [0, 0.1) is 11.8 Å².